The predicted octanol–water partition coefficient (Wildman–Crippen LogP) is 1.66. The molecule has 0 aliphatic rings. The smallest absolute Gasteiger partial charge is 0.261 e. The molecule has 0 aromatic carbocycles. The second-order valence-corrected chi connectivity index (χ2v) is 6.72. The van der Waals surface area contributed by atoms with Crippen molar-refractivity contribution in [3.63, 3.8) is 0 Å². The molecule has 1 unspecified atom stereocenters. The Labute approximate surface area is 119 Å². The van der Waals surface area contributed by atoms with E-state index in [0.717, 1.165) is 11.3 Å². The Hall–Kier alpha value is -0.910. The lowest BCUT2D eigenvalue weighted by molar-refractivity contribution is 0.0326. The lowest BCUT2D eigenvalue weighted by Crippen LogP contribution is -2.47. The average molecular weight is 284 g/mol. The Bertz CT molecular complexity index is 439. The first-order valence-corrected chi connectivity index (χ1v) is 7.31. The first-order valence-electron chi connectivity index (χ1n) is 6.50. The van der Waals surface area contributed by atoms with Crippen LogP contribution in [0.5, 0.6) is 0 Å². The van der Waals surface area contributed by atoms with Gasteiger partial charge in [0.25, 0.3) is 5.91 Å². The van der Waals surface area contributed by atoms with Gasteiger partial charge in [0.15, 0.2) is 0 Å². The third-order valence-corrected chi connectivity index (χ3v) is 4.00. The Kier molecular flexibility index (Phi) is 5.52. The van der Waals surface area contributed by atoms with Gasteiger partial charge in [0.05, 0.1) is 10.5 Å². The van der Waals surface area contributed by atoms with Crippen molar-refractivity contribution in [2.45, 2.75) is 32.8 Å². The molecule has 0 aliphatic carbocycles. The maximum absolute atomic E-state index is 12.0. The number of carbonyl (C=O) groups excluding carboxylic acids is 1. The molecule has 19 heavy (non-hydrogen) atoms. The van der Waals surface area contributed by atoms with Crippen molar-refractivity contribution in [1.29, 1.82) is 0 Å². The molecule has 0 aliphatic heterocycles. The van der Waals surface area contributed by atoms with E-state index in [1.807, 2.05) is 32.0 Å². The fourth-order valence-electron chi connectivity index (χ4n) is 2.08. The van der Waals surface area contributed by atoms with Crippen LogP contribution >= 0.6 is 11.3 Å². The summed E-state index contributed by atoms with van der Waals surface area (Å²) in [6.45, 7) is 6.60. The number of aryl methyl sites for hydroxylation is 2. The van der Waals surface area contributed by atoms with Crippen LogP contribution in [0.15, 0.2) is 6.07 Å². The highest BCUT2D eigenvalue weighted by Crippen LogP contribution is 2.21. The summed E-state index contributed by atoms with van der Waals surface area (Å²) in [6.07, 6.45) is 0.938. The minimum absolute atomic E-state index is 0.105. The highest BCUT2D eigenvalue weighted by atomic mass is 32.1. The lowest BCUT2D eigenvalue weighted by Gasteiger charge is -2.26. The highest BCUT2D eigenvalue weighted by molar-refractivity contribution is 7.14. The molecule has 0 bridgehead atoms. The van der Waals surface area contributed by atoms with Gasteiger partial charge in [-0.2, -0.15) is 0 Å². The SMILES string of the molecule is CCc1cc(C(=O)NCC(C)(O)CN(C)C)sc1C. The van der Waals surface area contributed by atoms with E-state index in [1.54, 1.807) is 6.92 Å². The summed E-state index contributed by atoms with van der Waals surface area (Å²) in [5, 5.41) is 12.9. The summed E-state index contributed by atoms with van der Waals surface area (Å²) in [4.78, 5) is 15.8. The van der Waals surface area contributed by atoms with Crippen molar-refractivity contribution in [3.8, 4) is 0 Å². The summed E-state index contributed by atoms with van der Waals surface area (Å²) < 4.78 is 0. The Morgan fingerprint density at radius 3 is 2.63 bits per heavy atom. The standard InChI is InChI=1S/C14H24N2O2S/c1-6-11-7-12(19-10(11)2)13(17)15-8-14(3,18)9-16(4)5/h7,18H,6,8-9H2,1-5H3,(H,15,17). The fraction of sp³-hybridized carbons (Fsp3) is 0.643. The molecule has 1 heterocycles. The molecule has 0 saturated heterocycles. The fourth-order valence-corrected chi connectivity index (χ4v) is 3.11. The number of nitrogens with zero attached hydrogens (tertiary/aromatic N) is 1. The van der Waals surface area contributed by atoms with Crippen molar-refractivity contribution in [2.24, 2.45) is 0 Å². The number of nitrogens with one attached hydrogen (secondary N) is 1. The van der Waals surface area contributed by atoms with Crippen LogP contribution in [0.25, 0.3) is 0 Å². The zero-order valence-electron chi connectivity index (χ0n) is 12.4. The molecule has 0 fully saturated rings. The number of hydrogen-bond donors (Lipinski definition) is 2. The maximum atomic E-state index is 12.0. The van der Waals surface area contributed by atoms with Crippen molar-refractivity contribution < 1.29 is 9.90 Å². The molecular weight excluding hydrogens is 260 g/mol. The van der Waals surface area contributed by atoms with Crippen LogP contribution in [-0.4, -0.2) is 48.7 Å². The van der Waals surface area contributed by atoms with Gasteiger partial charge in [-0.1, -0.05) is 6.92 Å². The quantitative estimate of drug-likeness (QED) is 0.835. The molecule has 0 saturated carbocycles. The summed E-state index contributed by atoms with van der Waals surface area (Å²) in [5.41, 5.74) is 0.300. The normalized spacial score (nSPS) is 14.5. The molecule has 0 spiro atoms. The van der Waals surface area contributed by atoms with Crippen molar-refractivity contribution >= 4 is 17.2 Å². The van der Waals surface area contributed by atoms with E-state index in [4.69, 9.17) is 0 Å². The zero-order chi connectivity index (χ0) is 14.6. The Morgan fingerprint density at radius 2 is 2.16 bits per heavy atom. The lowest BCUT2D eigenvalue weighted by atomic mass is 10.1. The van der Waals surface area contributed by atoms with Gasteiger partial charge in [-0.3, -0.25) is 4.79 Å². The number of aliphatic hydroxyl groups is 1. The minimum atomic E-state index is -0.918. The van der Waals surface area contributed by atoms with E-state index in [9.17, 15) is 9.90 Å². The van der Waals surface area contributed by atoms with Crippen LogP contribution in [-0.2, 0) is 6.42 Å². The molecule has 2 N–H and O–H groups in total. The summed E-state index contributed by atoms with van der Waals surface area (Å²) >= 11 is 1.51. The molecule has 108 valence electrons. The second-order valence-electron chi connectivity index (χ2n) is 5.46. The van der Waals surface area contributed by atoms with Crippen molar-refractivity contribution in [2.75, 3.05) is 27.2 Å². The van der Waals surface area contributed by atoms with Crippen LogP contribution < -0.4 is 5.32 Å². The highest BCUT2D eigenvalue weighted by Gasteiger charge is 2.23. The molecular formula is C14H24N2O2S. The molecule has 0 radical (unpaired) electrons. The largest absolute Gasteiger partial charge is 0.387 e. The molecule has 1 rings (SSSR count). The topological polar surface area (TPSA) is 52.6 Å². The monoisotopic (exact) mass is 284 g/mol. The van der Waals surface area contributed by atoms with Crippen molar-refractivity contribution in [3.05, 3.63) is 21.4 Å². The summed E-state index contributed by atoms with van der Waals surface area (Å²) in [6, 6.07) is 1.94. The number of carbonyl (C=O) groups is 1. The summed E-state index contributed by atoms with van der Waals surface area (Å²) in [5.74, 6) is -0.105. The third-order valence-electron chi connectivity index (χ3n) is 2.91. The summed E-state index contributed by atoms with van der Waals surface area (Å²) in [7, 11) is 3.79. The number of amides is 1. The van der Waals surface area contributed by atoms with Gasteiger partial charge in [-0.05, 0) is 46.0 Å². The van der Waals surface area contributed by atoms with Crippen LogP contribution in [0.4, 0.5) is 0 Å². The van der Waals surface area contributed by atoms with Gasteiger partial charge in [0, 0.05) is 18.0 Å². The maximum Gasteiger partial charge on any atom is 0.261 e. The number of likely N-dealkylation sites (N-methyl/N-ethyl adjacent to an activating group) is 1. The van der Waals surface area contributed by atoms with Gasteiger partial charge in [-0.25, -0.2) is 0 Å². The minimum Gasteiger partial charge on any atom is -0.387 e. The molecule has 1 amide bonds. The third kappa shape index (κ3) is 4.93. The van der Waals surface area contributed by atoms with Crippen LogP contribution in [0.2, 0.25) is 0 Å². The predicted molar refractivity (Wildman–Crippen MR) is 79.9 cm³/mol. The number of rotatable bonds is 6. The van der Waals surface area contributed by atoms with E-state index in [-0.39, 0.29) is 12.5 Å². The van der Waals surface area contributed by atoms with Crippen LogP contribution in [0.1, 0.15) is 34.0 Å². The van der Waals surface area contributed by atoms with Gasteiger partial charge in [0.1, 0.15) is 0 Å². The molecule has 1 aromatic rings. The van der Waals surface area contributed by atoms with E-state index in [2.05, 4.69) is 12.2 Å². The molecule has 1 atom stereocenters. The molecule has 4 nitrogen and oxygen atoms in total. The molecule has 5 heteroatoms. The Balaban J connectivity index is 2.60. The Morgan fingerprint density at radius 1 is 1.53 bits per heavy atom. The van der Waals surface area contributed by atoms with Crippen LogP contribution in [0, 0.1) is 6.92 Å². The van der Waals surface area contributed by atoms with Gasteiger partial charge >= 0.3 is 0 Å². The van der Waals surface area contributed by atoms with E-state index < -0.39 is 5.60 Å². The molecule has 1 aromatic heterocycles. The van der Waals surface area contributed by atoms with Gasteiger partial charge < -0.3 is 15.3 Å². The number of thiophene rings is 1. The van der Waals surface area contributed by atoms with Gasteiger partial charge in [0.2, 0.25) is 0 Å². The first kappa shape index (κ1) is 16.1. The zero-order valence-corrected chi connectivity index (χ0v) is 13.2. The van der Waals surface area contributed by atoms with E-state index >= 15 is 0 Å². The van der Waals surface area contributed by atoms with E-state index in [0.29, 0.717) is 6.54 Å². The van der Waals surface area contributed by atoms with Crippen LogP contribution in [0.3, 0.4) is 0 Å². The van der Waals surface area contributed by atoms with E-state index in [1.165, 1.54) is 21.8 Å². The average Bonchev–Trinajstić information content (AvgIpc) is 2.66. The number of hydrogen-bond acceptors (Lipinski definition) is 4. The first-order chi connectivity index (χ1) is 8.75. The van der Waals surface area contributed by atoms with Gasteiger partial charge in [-0.15, -0.1) is 11.3 Å². The van der Waals surface area contributed by atoms with Crippen molar-refractivity contribution in [1.82, 2.24) is 10.2 Å². The second kappa shape index (κ2) is 6.50.